The number of esters is 3. The Labute approximate surface area is 181 Å². The molecule has 1 aromatic rings. The SMILES string of the molecule is COCP(=O)(N[C@@H](C)C(=O)OC(C)C)Oc1ccc(COC(=O)/C=C/C(=O)OC)cc1. The highest BCUT2D eigenvalue weighted by molar-refractivity contribution is 7.57. The van der Waals surface area contributed by atoms with Gasteiger partial charge in [-0.05, 0) is 38.5 Å². The third-order valence-electron chi connectivity index (χ3n) is 3.51. The first-order valence-corrected chi connectivity index (χ1v) is 11.2. The highest BCUT2D eigenvalue weighted by Gasteiger charge is 2.30. The van der Waals surface area contributed by atoms with Crippen LogP contribution in [0.3, 0.4) is 0 Å². The molecule has 0 spiro atoms. The molecule has 1 rings (SSSR count). The van der Waals surface area contributed by atoms with E-state index in [2.05, 4.69) is 9.82 Å². The van der Waals surface area contributed by atoms with Crippen molar-refractivity contribution in [3.05, 3.63) is 42.0 Å². The summed E-state index contributed by atoms with van der Waals surface area (Å²) in [6.07, 6.45) is 1.34. The highest BCUT2D eigenvalue weighted by Crippen LogP contribution is 2.43. The van der Waals surface area contributed by atoms with Gasteiger partial charge in [0.1, 0.15) is 24.7 Å². The average molecular weight is 457 g/mol. The molecule has 0 aliphatic heterocycles. The lowest BCUT2D eigenvalue weighted by Gasteiger charge is -2.23. The molecule has 1 N–H and O–H groups in total. The third-order valence-corrected chi connectivity index (χ3v) is 5.39. The first-order chi connectivity index (χ1) is 14.6. The van der Waals surface area contributed by atoms with Crippen LogP contribution < -0.4 is 9.61 Å². The maximum absolute atomic E-state index is 13.1. The minimum absolute atomic E-state index is 0.0450. The Hall–Kier alpha value is -2.68. The number of hydrogen-bond donors (Lipinski definition) is 1. The maximum atomic E-state index is 13.1. The van der Waals surface area contributed by atoms with Gasteiger partial charge in [0.2, 0.25) is 0 Å². The summed E-state index contributed by atoms with van der Waals surface area (Å²) in [5, 5.41) is 2.65. The minimum atomic E-state index is -3.57. The molecule has 0 bridgehead atoms. The molecule has 172 valence electrons. The molecule has 0 aliphatic rings. The van der Waals surface area contributed by atoms with Gasteiger partial charge in [0.15, 0.2) is 0 Å². The van der Waals surface area contributed by atoms with E-state index in [1.807, 2.05) is 0 Å². The van der Waals surface area contributed by atoms with Crippen LogP contribution >= 0.6 is 7.52 Å². The average Bonchev–Trinajstić information content (AvgIpc) is 2.70. The van der Waals surface area contributed by atoms with E-state index in [0.717, 1.165) is 12.2 Å². The van der Waals surface area contributed by atoms with E-state index < -0.39 is 31.5 Å². The van der Waals surface area contributed by atoms with Crippen LogP contribution in [0.15, 0.2) is 36.4 Å². The quantitative estimate of drug-likeness (QED) is 0.217. The van der Waals surface area contributed by atoms with Crippen LogP contribution in [0.4, 0.5) is 0 Å². The smallest absolute Gasteiger partial charge is 0.342 e. The van der Waals surface area contributed by atoms with Crippen molar-refractivity contribution in [2.24, 2.45) is 0 Å². The number of methoxy groups -OCH3 is 2. The molecule has 0 aliphatic carbocycles. The van der Waals surface area contributed by atoms with Gasteiger partial charge in [0.05, 0.1) is 13.2 Å². The normalized spacial score (nSPS) is 14.0. The van der Waals surface area contributed by atoms with Gasteiger partial charge in [-0.1, -0.05) is 12.1 Å². The topological polar surface area (TPSA) is 126 Å². The summed E-state index contributed by atoms with van der Waals surface area (Å²) >= 11 is 0. The first kappa shape index (κ1) is 26.4. The number of carbonyl (C=O) groups excluding carboxylic acids is 3. The van der Waals surface area contributed by atoms with Crippen molar-refractivity contribution in [1.82, 2.24) is 5.09 Å². The van der Waals surface area contributed by atoms with Crippen molar-refractivity contribution < 1.29 is 42.4 Å². The summed E-state index contributed by atoms with van der Waals surface area (Å²) in [5.74, 6) is -1.67. The summed E-state index contributed by atoms with van der Waals surface area (Å²) in [5.41, 5.74) is 0.635. The highest BCUT2D eigenvalue weighted by atomic mass is 31.2. The molecule has 0 amide bonds. The van der Waals surface area contributed by atoms with Gasteiger partial charge >= 0.3 is 25.4 Å². The van der Waals surface area contributed by atoms with Gasteiger partial charge in [-0.25, -0.2) is 14.7 Å². The Morgan fingerprint density at radius 1 is 1.03 bits per heavy atom. The Balaban J connectivity index is 2.71. The minimum Gasteiger partial charge on any atom is -0.466 e. The van der Waals surface area contributed by atoms with Gasteiger partial charge in [-0.3, -0.25) is 9.36 Å². The Bertz CT molecular complexity index is 820. The Morgan fingerprint density at radius 2 is 1.65 bits per heavy atom. The van der Waals surface area contributed by atoms with E-state index in [1.165, 1.54) is 33.3 Å². The number of nitrogens with one attached hydrogen (secondary N) is 1. The largest absolute Gasteiger partial charge is 0.466 e. The van der Waals surface area contributed by atoms with Gasteiger partial charge in [0, 0.05) is 19.3 Å². The molecular weight excluding hydrogens is 429 g/mol. The maximum Gasteiger partial charge on any atom is 0.342 e. The Morgan fingerprint density at radius 3 is 2.19 bits per heavy atom. The fourth-order valence-electron chi connectivity index (χ4n) is 2.17. The number of rotatable bonds is 12. The molecule has 11 heteroatoms. The molecule has 0 heterocycles. The second kappa shape index (κ2) is 12.9. The fraction of sp³-hybridized carbons (Fsp3) is 0.450. The van der Waals surface area contributed by atoms with Crippen molar-refractivity contribution in [1.29, 1.82) is 0 Å². The molecule has 1 aromatic carbocycles. The molecule has 10 nitrogen and oxygen atoms in total. The van der Waals surface area contributed by atoms with Crippen LogP contribution in [-0.2, 0) is 44.5 Å². The molecule has 2 atom stereocenters. The summed E-state index contributed by atoms with van der Waals surface area (Å²) in [7, 11) is -1.02. The lowest BCUT2D eigenvalue weighted by Crippen LogP contribution is -2.36. The van der Waals surface area contributed by atoms with Crippen molar-refractivity contribution in [3.63, 3.8) is 0 Å². The van der Waals surface area contributed by atoms with Gasteiger partial charge in [-0.2, -0.15) is 0 Å². The van der Waals surface area contributed by atoms with E-state index in [9.17, 15) is 18.9 Å². The van der Waals surface area contributed by atoms with E-state index in [0.29, 0.717) is 5.56 Å². The van der Waals surface area contributed by atoms with Crippen molar-refractivity contribution in [3.8, 4) is 5.75 Å². The van der Waals surface area contributed by atoms with E-state index in [-0.39, 0.29) is 24.8 Å². The molecular formula is C20H28NO9P. The second-order valence-corrected chi connectivity index (χ2v) is 8.67. The molecule has 0 fully saturated rings. The molecule has 0 radical (unpaired) electrons. The lowest BCUT2D eigenvalue weighted by molar-refractivity contribution is -0.149. The summed E-state index contributed by atoms with van der Waals surface area (Å²) < 4.78 is 38.1. The van der Waals surface area contributed by atoms with Crippen LogP contribution in [-0.4, -0.2) is 50.6 Å². The third kappa shape index (κ3) is 10.3. The zero-order valence-corrected chi connectivity index (χ0v) is 19.0. The van der Waals surface area contributed by atoms with E-state index in [4.69, 9.17) is 18.7 Å². The fourth-order valence-corrected chi connectivity index (χ4v) is 3.84. The van der Waals surface area contributed by atoms with Gasteiger partial charge < -0.3 is 23.5 Å². The molecule has 0 saturated heterocycles. The van der Waals surface area contributed by atoms with Crippen molar-refractivity contribution in [2.75, 3.05) is 20.6 Å². The van der Waals surface area contributed by atoms with Gasteiger partial charge in [0.25, 0.3) is 0 Å². The van der Waals surface area contributed by atoms with E-state index >= 15 is 0 Å². The summed E-state index contributed by atoms with van der Waals surface area (Å²) in [6.45, 7) is 4.90. The first-order valence-electron chi connectivity index (χ1n) is 9.36. The van der Waals surface area contributed by atoms with Crippen molar-refractivity contribution >= 4 is 25.4 Å². The number of ether oxygens (including phenoxy) is 4. The predicted octanol–water partition coefficient (Wildman–Crippen LogP) is 2.56. The Kier molecular flexibility index (Phi) is 11.0. The zero-order chi connectivity index (χ0) is 23.4. The zero-order valence-electron chi connectivity index (χ0n) is 18.2. The predicted molar refractivity (Wildman–Crippen MR) is 111 cm³/mol. The summed E-state index contributed by atoms with van der Waals surface area (Å²) in [4.78, 5) is 34.5. The molecule has 31 heavy (non-hydrogen) atoms. The molecule has 0 aromatic heterocycles. The van der Waals surface area contributed by atoms with Gasteiger partial charge in [-0.15, -0.1) is 0 Å². The molecule has 1 unspecified atom stereocenters. The summed E-state index contributed by atoms with van der Waals surface area (Å²) in [6, 6.07) is 5.42. The van der Waals surface area contributed by atoms with E-state index in [1.54, 1.807) is 26.0 Å². The van der Waals surface area contributed by atoms with Crippen molar-refractivity contribution in [2.45, 2.75) is 39.5 Å². The molecule has 0 saturated carbocycles. The standard InChI is InChI=1S/C20H28NO9P/c1-14(2)29-20(24)15(3)21-31(25,13-26-4)30-17-8-6-16(7-9-17)12-28-19(23)11-10-18(22)27-5/h6-11,14-15H,12-13H2,1-5H3,(H,21,25)/b11-10+/t15-,31?/m0/s1. The van der Waals surface area contributed by atoms with Crippen LogP contribution in [0.25, 0.3) is 0 Å². The second-order valence-electron chi connectivity index (χ2n) is 6.63. The number of carbonyl (C=O) groups is 3. The monoisotopic (exact) mass is 457 g/mol. The van der Waals surface area contributed by atoms with Crippen LogP contribution in [0.5, 0.6) is 5.75 Å². The van der Waals surface area contributed by atoms with Crippen LogP contribution in [0.2, 0.25) is 0 Å². The number of hydrogen-bond acceptors (Lipinski definition) is 9. The van der Waals surface area contributed by atoms with Crippen LogP contribution in [0.1, 0.15) is 26.3 Å². The number of benzene rings is 1. The lowest BCUT2D eigenvalue weighted by atomic mass is 10.2. The van der Waals surface area contributed by atoms with Crippen LogP contribution in [0, 0.1) is 0 Å².